The number of furan rings is 1. The van der Waals surface area contributed by atoms with E-state index in [9.17, 15) is 9.59 Å². The smallest absolute Gasteiger partial charge is 0.268 e. The van der Waals surface area contributed by atoms with Crippen molar-refractivity contribution in [3.05, 3.63) is 72.0 Å². The van der Waals surface area contributed by atoms with Crippen LogP contribution in [0.25, 0.3) is 11.0 Å². The number of amides is 2. The highest BCUT2D eigenvalue weighted by molar-refractivity contribution is 6.39. The van der Waals surface area contributed by atoms with E-state index in [4.69, 9.17) is 4.42 Å². The zero-order valence-corrected chi connectivity index (χ0v) is 14.9. The summed E-state index contributed by atoms with van der Waals surface area (Å²) in [5.74, 6) is 0.253. The maximum atomic E-state index is 12.8. The van der Waals surface area contributed by atoms with E-state index in [0.29, 0.717) is 17.9 Å². The SMILES string of the molecule is CN1N=C(C(=O)NC(c2ccccc2)c2cc3ccccc3o2)CCC1=O. The van der Waals surface area contributed by atoms with E-state index in [0.717, 1.165) is 16.5 Å². The summed E-state index contributed by atoms with van der Waals surface area (Å²) >= 11 is 0. The second-order valence-electron chi connectivity index (χ2n) is 6.47. The van der Waals surface area contributed by atoms with E-state index in [1.54, 1.807) is 7.05 Å². The molecule has 2 amide bonds. The maximum Gasteiger partial charge on any atom is 0.268 e. The molecule has 0 saturated heterocycles. The lowest BCUT2D eigenvalue weighted by Crippen LogP contribution is -2.39. The Labute approximate surface area is 156 Å². The lowest BCUT2D eigenvalue weighted by molar-refractivity contribution is -0.130. The molecule has 1 atom stereocenters. The van der Waals surface area contributed by atoms with Crippen LogP contribution in [-0.4, -0.2) is 29.6 Å². The van der Waals surface area contributed by atoms with Gasteiger partial charge in [0.05, 0.1) is 0 Å². The predicted octanol–water partition coefficient (Wildman–Crippen LogP) is 3.25. The van der Waals surface area contributed by atoms with Crippen LogP contribution in [0.4, 0.5) is 0 Å². The van der Waals surface area contributed by atoms with E-state index >= 15 is 0 Å². The molecule has 1 unspecified atom stereocenters. The number of carbonyl (C=O) groups is 2. The number of hydrogen-bond acceptors (Lipinski definition) is 4. The normalized spacial score (nSPS) is 15.5. The lowest BCUT2D eigenvalue weighted by atomic mass is 10.0. The van der Waals surface area contributed by atoms with Gasteiger partial charge in [0, 0.05) is 25.3 Å². The van der Waals surface area contributed by atoms with Gasteiger partial charge in [-0.3, -0.25) is 9.59 Å². The summed E-state index contributed by atoms with van der Waals surface area (Å²) in [4.78, 5) is 24.4. The Morgan fingerprint density at radius 3 is 2.59 bits per heavy atom. The molecule has 1 aliphatic rings. The first-order valence-electron chi connectivity index (χ1n) is 8.80. The molecule has 2 heterocycles. The zero-order valence-electron chi connectivity index (χ0n) is 14.9. The van der Waals surface area contributed by atoms with Crippen LogP contribution in [-0.2, 0) is 9.59 Å². The monoisotopic (exact) mass is 361 g/mol. The van der Waals surface area contributed by atoms with Gasteiger partial charge in [-0.2, -0.15) is 5.10 Å². The Morgan fingerprint density at radius 1 is 1.11 bits per heavy atom. The topological polar surface area (TPSA) is 74.9 Å². The summed E-state index contributed by atoms with van der Waals surface area (Å²) in [6, 6.07) is 18.9. The van der Waals surface area contributed by atoms with Crippen molar-refractivity contribution in [2.75, 3.05) is 7.05 Å². The Morgan fingerprint density at radius 2 is 1.85 bits per heavy atom. The standard InChI is InChI=1S/C21H19N3O3/c1-24-19(25)12-11-16(23-24)21(26)22-20(14-7-3-2-4-8-14)18-13-15-9-5-6-10-17(15)27-18/h2-10,13,20H,11-12H2,1H3,(H,22,26). The van der Waals surface area contributed by atoms with Crippen molar-refractivity contribution in [3.63, 3.8) is 0 Å². The highest BCUT2D eigenvalue weighted by atomic mass is 16.3. The zero-order chi connectivity index (χ0) is 18.8. The molecular weight excluding hydrogens is 342 g/mol. The van der Waals surface area contributed by atoms with E-state index < -0.39 is 6.04 Å². The van der Waals surface area contributed by atoms with E-state index in [2.05, 4.69) is 10.4 Å². The minimum Gasteiger partial charge on any atom is -0.459 e. The minimum atomic E-state index is -0.447. The fraction of sp³-hybridized carbons (Fsp3) is 0.190. The number of nitrogens with zero attached hydrogens (tertiary/aromatic N) is 2. The molecule has 6 heteroatoms. The second kappa shape index (κ2) is 7.07. The van der Waals surface area contributed by atoms with Crippen molar-refractivity contribution in [2.45, 2.75) is 18.9 Å². The van der Waals surface area contributed by atoms with Gasteiger partial charge in [-0.15, -0.1) is 0 Å². The number of rotatable bonds is 4. The number of nitrogens with one attached hydrogen (secondary N) is 1. The van der Waals surface area contributed by atoms with Gasteiger partial charge in [-0.25, -0.2) is 5.01 Å². The van der Waals surface area contributed by atoms with Gasteiger partial charge >= 0.3 is 0 Å². The summed E-state index contributed by atoms with van der Waals surface area (Å²) in [5.41, 5.74) is 2.02. The molecule has 2 aromatic carbocycles. The van der Waals surface area contributed by atoms with Crippen LogP contribution in [0.2, 0.25) is 0 Å². The first-order valence-corrected chi connectivity index (χ1v) is 8.80. The van der Waals surface area contributed by atoms with E-state index in [1.165, 1.54) is 5.01 Å². The van der Waals surface area contributed by atoms with Crippen LogP contribution < -0.4 is 5.32 Å². The summed E-state index contributed by atoms with van der Waals surface area (Å²) in [7, 11) is 1.56. The quantitative estimate of drug-likeness (QED) is 0.775. The van der Waals surface area contributed by atoms with Crippen molar-refractivity contribution in [3.8, 4) is 0 Å². The van der Waals surface area contributed by atoms with Crippen molar-refractivity contribution < 1.29 is 14.0 Å². The fourth-order valence-electron chi connectivity index (χ4n) is 3.16. The van der Waals surface area contributed by atoms with Gasteiger partial charge in [0.1, 0.15) is 23.1 Å². The molecule has 3 aromatic rings. The van der Waals surface area contributed by atoms with Crippen LogP contribution in [0.3, 0.4) is 0 Å². The summed E-state index contributed by atoms with van der Waals surface area (Å²) < 4.78 is 5.99. The second-order valence-corrected chi connectivity index (χ2v) is 6.47. The van der Waals surface area contributed by atoms with Gasteiger partial charge < -0.3 is 9.73 Å². The average molecular weight is 361 g/mol. The highest BCUT2D eigenvalue weighted by Crippen LogP contribution is 2.28. The highest BCUT2D eigenvalue weighted by Gasteiger charge is 2.26. The third-order valence-electron chi connectivity index (χ3n) is 4.61. The Bertz CT molecular complexity index is 990. The van der Waals surface area contributed by atoms with Crippen molar-refractivity contribution in [1.82, 2.24) is 10.3 Å². The summed E-state index contributed by atoms with van der Waals surface area (Å²) in [6.07, 6.45) is 0.611. The Hall–Kier alpha value is -3.41. The summed E-state index contributed by atoms with van der Waals surface area (Å²) in [6.45, 7) is 0. The number of hydrazone groups is 1. The number of hydrogen-bond donors (Lipinski definition) is 1. The molecule has 0 saturated carbocycles. The third-order valence-corrected chi connectivity index (χ3v) is 4.61. The van der Waals surface area contributed by atoms with Crippen molar-refractivity contribution in [2.24, 2.45) is 5.10 Å². The van der Waals surface area contributed by atoms with Crippen molar-refractivity contribution >= 4 is 28.5 Å². The van der Waals surface area contributed by atoms with Gasteiger partial charge in [-0.05, 0) is 17.7 Å². The third kappa shape index (κ3) is 3.46. The molecule has 1 N–H and O–H groups in total. The molecule has 4 rings (SSSR count). The molecule has 1 aromatic heterocycles. The Kier molecular flexibility index (Phi) is 4.46. The van der Waals surface area contributed by atoms with E-state index in [1.807, 2.05) is 60.7 Å². The molecule has 0 spiro atoms. The number of carbonyl (C=O) groups excluding carboxylic acids is 2. The van der Waals surface area contributed by atoms with Crippen LogP contribution in [0, 0.1) is 0 Å². The average Bonchev–Trinajstić information content (AvgIpc) is 3.12. The minimum absolute atomic E-state index is 0.0940. The molecule has 27 heavy (non-hydrogen) atoms. The molecule has 0 bridgehead atoms. The number of para-hydroxylation sites is 1. The van der Waals surface area contributed by atoms with Gasteiger partial charge in [0.15, 0.2) is 0 Å². The number of fused-ring (bicyclic) bond motifs is 1. The lowest BCUT2D eigenvalue weighted by Gasteiger charge is -2.21. The predicted molar refractivity (Wildman–Crippen MR) is 102 cm³/mol. The van der Waals surface area contributed by atoms with Crippen molar-refractivity contribution in [1.29, 1.82) is 0 Å². The van der Waals surface area contributed by atoms with Gasteiger partial charge in [0.25, 0.3) is 5.91 Å². The number of benzene rings is 2. The van der Waals surface area contributed by atoms with Crippen LogP contribution in [0.1, 0.15) is 30.2 Å². The first kappa shape index (κ1) is 17.0. The molecule has 136 valence electrons. The molecule has 0 aliphatic carbocycles. The molecule has 1 aliphatic heterocycles. The van der Waals surface area contributed by atoms with Gasteiger partial charge in [0.2, 0.25) is 5.91 Å². The molecule has 0 fully saturated rings. The molecular formula is C21H19N3O3. The largest absolute Gasteiger partial charge is 0.459 e. The van der Waals surface area contributed by atoms with Crippen LogP contribution in [0.15, 0.2) is 70.2 Å². The van der Waals surface area contributed by atoms with Crippen LogP contribution >= 0.6 is 0 Å². The molecule has 6 nitrogen and oxygen atoms in total. The van der Waals surface area contributed by atoms with E-state index in [-0.39, 0.29) is 18.2 Å². The van der Waals surface area contributed by atoms with Crippen LogP contribution in [0.5, 0.6) is 0 Å². The maximum absolute atomic E-state index is 12.8. The van der Waals surface area contributed by atoms with Gasteiger partial charge in [-0.1, -0.05) is 48.5 Å². The Balaban J connectivity index is 1.68. The molecule has 0 radical (unpaired) electrons. The fourth-order valence-corrected chi connectivity index (χ4v) is 3.16. The summed E-state index contributed by atoms with van der Waals surface area (Å²) in [5, 5.41) is 9.31. The first-order chi connectivity index (χ1) is 13.1.